The number of rotatable bonds is 15. The van der Waals surface area contributed by atoms with Crippen LogP contribution >= 0.6 is 0 Å². The Bertz CT molecular complexity index is 287. The lowest BCUT2D eigenvalue weighted by Gasteiger charge is -2.10. The fourth-order valence-corrected chi connectivity index (χ4v) is 2.79. The van der Waals surface area contributed by atoms with E-state index in [1.54, 1.807) is 6.08 Å². The standard InChI is InChI=1S/C21H38O/c1-4-6-17-20(3)18-15-13-11-9-7-8-10-12-14-16-19-21(22)5-2/h2,16,19-22H,4,6-15,17-18H2,1,3H3/b19-16+/t20?,21-/m1/s1. The van der Waals surface area contributed by atoms with Crippen molar-refractivity contribution in [2.75, 3.05) is 0 Å². The van der Waals surface area contributed by atoms with Crippen LogP contribution in [0.3, 0.4) is 0 Å². The zero-order valence-electron chi connectivity index (χ0n) is 15.0. The van der Waals surface area contributed by atoms with E-state index in [0.717, 1.165) is 12.3 Å². The minimum Gasteiger partial charge on any atom is -0.377 e. The predicted octanol–water partition coefficient (Wildman–Crippen LogP) is 6.26. The van der Waals surface area contributed by atoms with Crippen LogP contribution in [0.1, 0.15) is 97.3 Å². The lowest BCUT2D eigenvalue weighted by Crippen LogP contribution is -1.95. The minimum atomic E-state index is -0.704. The van der Waals surface area contributed by atoms with Gasteiger partial charge in [-0.1, -0.05) is 96.5 Å². The SMILES string of the molecule is C#C[C@@H](O)/C=C/CCCCCCCCCCC(C)CCCC. The van der Waals surface area contributed by atoms with Crippen LogP contribution in [0.25, 0.3) is 0 Å². The van der Waals surface area contributed by atoms with Crippen LogP contribution in [0.15, 0.2) is 12.2 Å². The van der Waals surface area contributed by atoms with Crippen LogP contribution in [0.2, 0.25) is 0 Å². The van der Waals surface area contributed by atoms with Gasteiger partial charge in [0.05, 0.1) is 0 Å². The molecule has 0 aliphatic heterocycles. The zero-order chi connectivity index (χ0) is 16.5. The molecule has 0 fully saturated rings. The largest absolute Gasteiger partial charge is 0.377 e. The Hall–Kier alpha value is -0.740. The van der Waals surface area contributed by atoms with Crippen molar-refractivity contribution in [2.45, 2.75) is 103 Å². The number of hydrogen-bond acceptors (Lipinski definition) is 1. The van der Waals surface area contributed by atoms with Crippen molar-refractivity contribution in [1.29, 1.82) is 0 Å². The Morgan fingerprint density at radius 1 is 0.909 bits per heavy atom. The normalized spacial score (nSPS) is 14.1. The monoisotopic (exact) mass is 306 g/mol. The number of aliphatic hydroxyl groups is 1. The number of hydrogen-bond donors (Lipinski definition) is 1. The van der Waals surface area contributed by atoms with E-state index in [1.165, 1.54) is 77.0 Å². The zero-order valence-corrected chi connectivity index (χ0v) is 15.0. The maximum absolute atomic E-state index is 9.16. The van der Waals surface area contributed by atoms with E-state index in [2.05, 4.69) is 19.8 Å². The predicted molar refractivity (Wildman–Crippen MR) is 98.8 cm³/mol. The van der Waals surface area contributed by atoms with Crippen LogP contribution < -0.4 is 0 Å². The summed E-state index contributed by atoms with van der Waals surface area (Å²) in [4.78, 5) is 0. The summed E-state index contributed by atoms with van der Waals surface area (Å²) in [6.07, 6.45) is 25.6. The second-order valence-electron chi connectivity index (χ2n) is 6.69. The van der Waals surface area contributed by atoms with Crippen molar-refractivity contribution in [3.63, 3.8) is 0 Å². The fraction of sp³-hybridized carbons (Fsp3) is 0.810. The van der Waals surface area contributed by atoms with Gasteiger partial charge in [0.15, 0.2) is 0 Å². The van der Waals surface area contributed by atoms with Crippen LogP contribution in [-0.4, -0.2) is 11.2 Å². The highest BCUT2D eigenvalue weighted by Crippen LogP contribution is 2.17. The maximum Gasteiger partial charge on any atom is 0.133 e. The molecule has 0 bridgehead atoms. The molecule has 0 radical (unpaired) electrons. The van der Waals surface area contributed by atoms with Gasteiger partial charge in [0.2, 0.25) is 0 Å². The lowest BCUT2D eigenvalue weighted by atomic mass is 9.97. The van der Waals surface area contributed by atoms with Gasteiger partial charge in [0.1, 0.15) is 6.10 Å². The molecule has 0 amide bonds. The van der Waals surface area contributed by atoms with Crippen LogP contribution in [0, 0.1) is 18.3 Å². The lowest BCUT2D eigenvalue weighted by molar-refractivity contribution is 0.280. The third-order valence-corrected chi connectivity index (χ3v) is 4.36. The molecule has 0 aromatic rings. The molecule has 0 rings (SSSR count). The molecule has 2 atom stereocenters. The summed E-state index contributed by atoms with van der Waals surface area (Å²) in [5.41, 5.74) is 0. The first kappa shape index (κ1) is 21.3. The molecule has 22 heavy (non-hydrogen) atoms. The molecule has 0 saturated heterocycles. The summed E-state index contributed by atoms with van der Waals surface area (Å²) in [7, 11) is 0. The third kappa shape index (κ3) is 15.6. The van der Waals surface area contributed by atoms with Gasteiger partial charge in [-0.05, 0) is 24.8 Å². The highest BCUT2D eigenvalue weighted by molar-refractivity contribution is 5.05. The van der Waals surface area contributed by atoms with E-state index in [9.17, 15) is 0 Å². The van der Waals surface area contributed by atoms with Crippen LogP contribution in [-0.2, 0) is 0 Å². The third-order valence-electron chi connectivity index (χ3n) is 4.36. The van der Waals surface area contributed by atoms with E-state index in [0.29, 0.717) is 0 Å². The molecule has 0 aliphatic carbocycles. The second kappa shape index (κ2) is 16.6. The summed E-state index contributed by atoms with van der Waals surface area (Å²) in [6, 6.07) is 0. The van der Waals surface area contributed by atoms with E-state index in [4.69, 9.17) is 11.5 Å². The van der Waals surface area contributed by atoms with Gasteiger partial charge in [-0.3, -0.25) is 0 Å². The molecule has 0 aliphatic rings. The number of aliphatic hydroxyl groups excluding tert-OH is 1. The number of unbranched alkanes of at least 4 members (excludes halogenated alkanes) is 9. The summed E-state index contributed by atoms with van der Waals surface area (Å²) in [6.45, 7) is 4.69. The van der Waals surface area contributed by atoms with Crippen molar-refractivity contribution >= 4 is 0 Å². The number of allylic oxidation sites excluding steroid dienone is 1. The van der Waals surface area contributed by atoms with Crippen molar-refractivity contribution in [2.24, 2.45) is 5.92 Å². The van der Waals surface area contributed by atoms with Crippen LogP contribution in [0.5, 0.6) is 0 Å². The van der Waals surface area contributed by atoms with E-state index in [1.807, 2.05) is 6.08 Å². The van der Waals surface area contributed by atoms with Gasteiger partial charge in [-0.15, -0.1) is 6.42 Å². The molecule has 1 N–H and O–H groups in total. The Kier molecular flexibility index (Phi) is 16.1. The van der Waals surface area contributed by atoms with Gasteiger partial charge >= 0.3 is 0 Å². The molecule has 128 valence electrons. The maximum atomic E-state index is 9.16. The van der Waals surface area contributed by atoms with E-state index < -0.39 is 6.10 Å². The smallest absolute Gasteiger partial charge is 0.133 e. The molecule has 0 aromatic carbocycles. The Morgan fingerprint density at radius 3 is 2.05 bits per heavy atom. The molecule has 1 unspecified atom stereocenters. The Labute approximate surface area is 139 Å². The molecular formula is C21H38O. The summed E-state index contributed by atoms with van der Waals surface area (Å²) in [5, 5.41) is 9.16. The first-order valence-electron chi connectivity index (χ1n) is 9.51. The first-order valence-corrected chi connectivity index (χ1v) is 9.51. The van der Waals surface area contributed by atoms with Crippen molar-refractivity contribution in [1.82, 2.24) is 0 Å². The molecule has 0 aromatic heterocycles. The van der Waals surface area contributed by atoms with Gasteiger partial charge < -0.3 is 5.11 Å². The molecular weight excluding hydrogens is 268 g/mol. The van der Waals surface area contributed by atoms with Gasteiger partial charge in [0, 0.05) is 0 Å². The van der Waals surface area contributed by atoms with Gasteiger partial charge in [-0.2, -0.15) is 0 Å². The first-order chi connectivity index (χ1) is 10.7. The quantitative estimate of drug-likeness (QED) is 0.215. The Morgan fingerprint density at radius 2 is 1.45 bits per heavy atom. The molecule has 0 heterocycles. The molecule has 0 spiro atoms. The molecule has 0 saturated carbocycles. The summed E-state index contributed by atoms with van der Waals surface area (Å²) < 4.78 is 0. The average molecular weight is 307 g/mol. The molecule has 1 nitrogen and oxygen atoms in total. The minimum absolute atomic E-state index is 0.704. The highest BCUT2D eigenvalue weighted by atomic mass is 16.3. The highest BCUT2D eigenvalue weighted by Gasteiger charge is 2.00. The fourth-order valence-electron chi connectivity index (χ4n) is 2.79. The summed E-state index contributed by atoms with van der Waals surface area (Å²) in [5.74, 6) is 3.22. The van der Waals surface area contributed by atoms with E-state index >= 15 is 0 Å². The van der Waals surface area contributed by atoms with Gasteiger partial charge in [0.25, 0.3) is 0 Å². The van der Waals surface area contributed by atoms with E-state index in [-0.39, 0.29) is 0 Å². The van der Waals surface area contributed by atoms with Gasteiger partial charge in [-0.25, -0.2) is 0 Å². The average Bonchev–Trinajstić information content (AvgIpc) is 2.53. The Balaban J connectivity index is 3.18. The van der Waals surface area contributed by atoms with Crippen molar-refractivity contribution in [3.05, 3.63) is 12.2 Å². The van der Waals surface area contributed by atoms with Crippen molar-refractivity contribution < 1.29 is 5.11 Å². The number of terminal acetylenes is 1. The molecule has 1 heteroatoms. The topological polar surface area (TPSA) is 20.2 Å². The summed E-state index contributed by atoms with van der Waals surface area (Å²) >= 11 is 0. The van der Waals surface area contributed by atoms with Crippen molar-refractivity contribution in [3.8, 4) is 12.3 Å². The second-order valence-corrected chi connectivity index (χ2v) is 6.69. The van der Waals surface area contributed by atoms with Crippen LogP contribution in [0.4, 0.5) is 0 Å².